The van der Waals surface area contributed by atoms with Gasteiger partial charge in [0.25, 0.3) is 5.91 Å². The van der Waals surface area contributed by atoms with Gasteiger partial charge in [0.1, 0.15) is 0 Å². The highest BCUT2D eigenvalue weighted by Gasteiger charge is 2.51. The molecule has 0 aromatic heterocycles. The minimum Gasteiger partial charge on any atom is -0.478 e. The summed E-state index contributed by atoms with van der Waals surface area (Å²) in [6.45, 7) is 0. The van der Waals surface area contributed by atoms with E-state index in [9.17, 15) is 14.7 Å². The molecule has 0 unspecified atom stereocenters. The summed E-state index contributed by atoms with van der Waals surface area (Å²) in [4.78, 5) is 24.4. The van der Waals surface area contributed by atoms with E-state index in [0.717, 1.165) is 17.8 Å². The monoisotopic (exact) mass is 409 g/mol. The van der Waals surface area contributed by atoms with Crippen molar-refractivity contribution in [1.29, 1.82) is 0 Å². The van der Waals surface area contributed by atoms with Crippen molar-refractivity contribution in [3.05, 3.63) is 64.2 Å². The van der Waals surface area contributed by atoms with Gasteiger partial charge in [0.2, 0.25) is 0 Å². The number of halogens is 1. The number of anilines is 1. The highest BCUT2D eigenvalue weighted by molar-refractivity contribution is 6.31. The van der Waals surface area contributed by atoms with Crippen molar-refractivity contribution in [3.63, 3.8) is 0 Å². The molecule has 150 valence electrons. The molecule has 0 radical (unpaired) electrons. The van der Waals surface area contributed by atoms with Gasteiger partial charge >= 0.3 is 5.97 Å². The molecule has 0 spiro atoms. The van der Waals surface area contributed by atoms with Gasteiger partial charge in [-0.2, -0.15) is 0 Å². The Morgan fingerprint density at radius 3 is 2.24 bits per heavy atom. The van der Waals surface area contributed by atoms with Crippen molar-refractivity contribution >= 4 is 29.2 Å². The van der Waals surface area contributed by atoms with Crippen LogP contribution < -0.4 is 5.32 Å². The van der Waals surface area contributed by atoms with Crippen LogP contribution in [-0.4, -0.2) is 17.0 Å². The standard InChI is InChI=1S/C24H24ClNO3/c25-19-4-5-21(20(10-19)23(28)29)26-22(27)17-2-1-3-18(9-17)24-11-14-6-15(12-24)8-16(7-14)13-24/h1-5,9-10,14-16H,6-8,11-13H2,(H,26,27)(H,28,29). The van der Waals surface area contributed by atoms with Gasteiger partial charge in [-0.1, -0.05) is 23.7 Å². The minimum absolute atomic E-state index is 0.0110. The van der Waals surface area contributed by atoms with Crippen molar-refractivity contribution in [1.82, 2.24) is 0 Å². The Morgan fingerprint density at radius 1 is 0.966 bits per heavy atom. The molecule has 0 saturated heterocycles. The first kappa shape index (κ1) is 18.7. The van der Waals surface area contributed by atoms with E-state index in [1.165, 1.54) is 56.2 Å². The molecule has 0 atom stereocenters. The highest BCUT2D eigenvalue weighted by Crippen LogP contribution is 2.60. The molecule has 6 rings (SSSR count). The molecule has 4 aliphatic rings. The Kier molecular flexibility index (Phi) is 4.43. The lowest BCUT2D eigenvalue weighted by atomic mass is 9.48. The maximum absolute atomic E-state index is 12.9. The smallest absolute Gasteiger partial charge is 0.337 e. The van der Waals surface area contributed by atoms with Crippen molar-refractivity contribution in [3.8, 4) is 0 Å². The fourth-order valence-corrected chi connectivity index (χ4v) is 6.62. The Hall–Kier alpha value is -2.33. The number of rotatable bonds is 4. The molecule has 4 fully saturated rings. The molecule has 1 amide bonds. The molecule has 4 nitrogen and oxygen atoms in total. The third-order valence-electron chi connectivity index (χ3n) is 7.24. The lowest BCUT2D eigenvalue weighted by Crippen LogP contribution is -2.48. The Morgan fingerprint density at radius 2 is 1.62 bits per heavy atom. The lowest BCUT2D eigenvalue weighted by molar-refractivity contribution is -0.00520. The van der Waals surface area contributed by atoms with Crippen molar-refractivity contribution < 1.29 is 14.7 Å². The second-order valence-electron chi connectivity index (χ2n) is 9.23. The molecule has 4 bridgehead atoms. The first-order valence-electron chi connectivity index (χ1n) is 10.4. The third-order valence-corrected chi connectivity index (χ3v) is 7.47. The normalized spacial score (nSPS) is 29.6. The molecule has 2 N–H and O–H groups in total. The highest BCUT2D eigenvalue weighted by atomic mass is 35.5. The maximum atomic E-state index is 12.9. The Labute approximate surface area is 175 Å². The van der Waals surface area contributed by atoms with Crippen LogP contribution in [0, 0.1) is 17.8 Å². The van der Waals surface area contributed by atoms with Gasteiger partial charge in [0.05, 0.1) is 11.3 Å². The van der Waals surface area contributed by atoms with Crippen LogP contribution in [0.3, 0.4) is 0 Å². The summed E-state index contributed by atoms with van der Waals surface area (Å²) in [5.41, 5.74) is 2.32. The molecular weight excluding hydrogens is 386 g/mol. The predicted octanol–water partition coefficient (Wildman–Crippen LogP) is 5.76. The summed E-state index contributed by atoms with van der Waals surface area (Å²) in [7, 11) is 0. The van der Waals surface area contributed by atoms with E-state index in [2.05, 4.69) is 11.4 Å². The minimum atomic E-state index is -1.12. The van der Waals surface area contributed by atoms with Gasteiger partial charge in [0, 0.05) is 10.6 Å². The number of aromatic carboxylic acids is 1. The van der Waals surface area contributed by atoms with E-state index in [4.69, 9.17) is 11.6 Å². The molecule has 0 aliphatic heterocycles. The predicted molar refractivity (Wildman–Crippen MR) is 113 cm³/mol. The number of benzene rings is 2. The first-order valence-corrected chi connectivity index (χ1v) is 10.7. The van der Waals surface area contributed by atoms with Crippen LogP contribution in [0.25, 0.3) is 0 Å². The fourth-order valence-electron chi connectivity index (χ4n) is 6.45. The average molecular weight is 410 g/mol. The summed E-state index contributed by atoms with van der Waals surface area (Å²) in [5, 5.41) is 12.5. The molecule has 29 heavy (non-hydrogen) atoms. The van der Waals surface area contributed by atoms with Crippen molar-refractivity contribution in [2.75, 3.05) is 5.32 Å². The molecular formula is C24H24ClNO3. The van der Waals surface area contributed by atoms with E-state index in [1.807, 2.05) is 12.1 Å². The molecule has 4 aliphatic carbocycles. The van der Waals surface area contributed by atoms with Crippen molar-refractivity contribution in [2.24, 2.45) is 17.8 Å². The number of hydrogen-bond acceptors (Lipinski definition) is 2. The molecule has 4 saturated carbocycles. The van der Waals surface area contributed by atoms with Gasteiger partial charge in [-0.25, -0.2) is 4.79 Å². The van der Waals surface area contributed by atoms with Gasteiger partial charge < -0.3 is 10.4 Å². The fraction of sp³-hybridized carbons (Fsp3) is 0.417. The summed E-state index contributed by atoms with van der Waals surface area (Å²) in [6.07, 6.45) is 7.87. The van der Waals surface area contributed by atoms with Crippen LogP contribution in [-0.2, 0) is 5.41 Å². The van der Waals surface area contributed by atoms with E-state index < -0.39 is 5.97 Å². The Balaban J connectivity index is 1.42. The van der Waals surface area contributed by atoms with Crippen LogP contribution in [0.4, 0.5) is 5.69 Å². The zero-order valence-electron chi connectivity index (χ0n) is 16.2. The summed E-state index contributed by atoms with van der Waals surface area (Å²) >= 11 is 5.91. The summed E-state index contributed by atoms with van der Waals surface area (Å²) in [5.74, 6) is 1.11. The van der Waals surface area contributed by atoms with Gasteiger partial charge in [-0.15, -0.1) is 0 Å². The summed E-state index contributed by atoms with van der Waals surface area (Å²) < 4.78 is 0. The molecule has 2 aromatic carbocycles. The first-order chi connectivity index (χ1) is 13.9. The number of carboxylic acids is 1. The number of carbonyl (C=O) groups is 2. The Bertz CT molecular complexity index is 964. The van der Waals surface area contributed by atoms with E-state index >= 15 is 0 Å². The molecule has 2 aromatic rings. The van der Waals surface area contributed by atoms with E-state index in [0.29, 0.717) is 10.6 Å². The molecule has 0 heterocycles. The topological polar surface area (TPSA) is 66.4 Å². The average Bonchev–Trinajstić information content (AvgIpc) is 2.68. The van der Waals surface area contributed by atoms with Gasteiger partial charge in [0.15, 0.2) is 0 Å². The number of carboxylic acid groups (broad SMARTS) is 1. The number of amides is 1. The zero-order chi connectivity index (χ0) is 20.2. The van der Waals surface area contributed by atoms with Crippen LogP contribution in [0.2, 0.25) is 5.02 Å². The third kappa shape index (κ3) is 3.33. The SMILES string of the molecule is O=C(Nc1ccc(Cl)cc1C(=O)O)c1cccc(C23CC4CC(CC(C4)C2)C3)c1. The second-order valence-corrected chi connectivity index (χ2v) is 9.66. The molecule has 5 heteroatoms. The summed E-state index contributed by atoms with van der Waals surface area (Å²) in [6, 6.07) is 12.4. The van der Waals surface area contributed by atoms with Crippen LogP contribution in [0.1, 0.15) is 64.8 Å². The maximum Gasteiger partial charge on any atom is 0.337 e. The zero-order valence-corrected chi connectivity index (χ0v) is 16.9. The van der Waals surface area contributed by atoms with Crippen LogP contribution >= 0.6 is 11.6 Å². The van der Waals surface area contributed by atoms with Crippen LogP contribution in [0.5, 0.6) is 0 Å². The van der Waals surface area contributed by atoms with E-state index in [1.54, 1.807) is 12.1 Å². The lowest BCUT2D eigenvalue weighted by Gasteiger charge is -2.57. The van der Waals surface area contributed by atoms with Gasteiger partial charge in [-0.05, 0) is 97.6 Å². The number of nitrogens with one attached hydrogen (secondary N) is 1. The largest absolute Gasteiger partial charge is 0.478 e. The van der Waals surface area contributed by atoms with Crippen molar-refractivity contribution in [2.45, 2.75) is 43.9 Å². The number of carbonyl (C=O) groups excluding carboxylic acids is 1. The quantitative estimate of drug-likeness (QED) is 0.674. The second kappa shape index (κ2) is 6.88. The van der Waals surface area contributed by atoms with Gasteiger partial charge in [-0.3, -0.25) is 4.79 Å². The number of hydrogen-bond donors (Lipinski definition) is 2. The van der Waals surface area contributed by atoms with E-state index in [-0.39, 0.29) is 22.6 Å². The van der Waals surface area contributed by atoms with Crippen LogP contribution in [0.15, 0.2) is 42.5 Å².